The third-order valence-electron chi connectivity index (χ3n) is 11.2. The Balaban J connectivity index is 1.39. The van der Waals surface area contributed by atoms with Crippen molar-refractivity contribution in [2.24, 2.45) is 11.1 Å². The van der Waals surface area contributed by atoms with Gasteiger partial charge >= 0.3 is 12.1 Å². The smallest absolute Gasteiger partial charge is 0.407 e. The van der Waals surface area contributed by atoms with E-state index >= 15 is 0 Å². The lowest BCUT2D eigenvalue weighted by molar-refractivity contribution is -0.142. The predicted molar refractivity (Wildman–Crippen MR) is 221 cm³/mol. The van der Waals surface area contributed by atoms with Crippen LogP contribution in [0.5, 0.6) is 0 Å². The number of guanidine groups is 1. The summed E-state index contributed by atoms with van der Waals surface area (Å²) in [5.74, 6) is -4.21. The number of ether oxygens (including phenoxy) is 1. The van der Waals surface area contributed by atoms with Crippen LogP contribution in [-0.4, -0.2) is 102 Å². The zero-order valence-corrected chi connectivity index (χ0v) is 34.3. The second kappa shape index (κ2) is 19.7. The average molecular weight is 815 g/mol. The van der Waals surface area contributed by atoms with Crippen LogP contribution in [0.15, 0.2) is 60.2 Å². The molecule has 0 radical (unpaired) electrons. The van der Waals surface area contributed by atoms with Crippen molar-refractivity contribution < 1.29 is 38.6 Å². The molecular weight excluding hydrogens is 757 g/mol. The van der Waals surface area contributed by atoms with Gasteiger partial charge in [-0.05, 0) is 80.0 Å². The number of hydrogen-bond acceptors (Lipinski definition) is 8. The summed E-state index contributed by atoms with van der Waals surface area (Å²) in [5.41, 5.74) is 9.86. The summed E-state index contributed by atoms with van der Waals surface area (Å²) in [6, 6.07) is 10.1. The van der Waals surface area contributed by atoms with Gasteiger partial charge in [-0.3, -0.25) is 24.6 Å². The van der Waals surface area contributed by atoms with Crippen LogP contribution in [0.3, 0.4) is 0 Å². The molecule has 0 bridgehead atoms. The Morgan fingerprint density at radius 3 is 2.14 bits per heavy atom. The molecule has 3 aliphatic rings. The van der Waals surface area contributed by atoms with E-state index in [9.17, 15) is 33.9 Å². The number of carboxylic acids is 1. The fraction of sp³-hybridized carbons (Fsp3) is 0.512. The number of amides is 5. The van der Waals surface area contributed by atoms with Crippen molar-refractivity contribution in [1.29, 1.82) is 5.41 Å². The van der Waals surface area contributed by atoms with Crippen molar-refractivity contribution in [1.82, 2.24) is 31.5 Å². The van der Waals surface area contributed by atoms with Crippen molar-refractivity contribution in [3.05, 3.63) is 71.3 Å². The molecule has 2 saturated heterocycles. The molecule has 0 spiro atoms. The highest BCUT2D eigenvalue weighted by Crippen LogP contribution is 2.44. The Morgan fingerprint density at radius 2 is 1.51 bits per heavy atom. The van der Waals surface area contributed by atoms with Gasteiger partial charge in [0.25, 0.3) is 0 Å². The van der Waals surface area contributed by atoms with Crippen LogP contribution in [0.2, 0.25) is 0 Å². The third-order valence-corrected chi connectivity index (χ3v) is 11.2. The van der Waals surface area contributed by atoms with Crippen molar-refractivity contribution in [3.63, 3.8) is 0 Å². The summed E-state index contributed by atoms with van der Waals surface area (Å²) < 4.78 is 5.78. The van der Waals surface area contributed by atoms with Crippen LogP contribution in [0.25, 0.3) is 11.1 Å². The minimum atomic E-state index is -1.33. The number of carbonyl (C=O) groups excluding carboxylic acids is 5. The molecule has 1 aliphatic carbocycles. The lowest BCUT2D eigenvalue weighted by atomic mass is 9.85. The maximum Gasteiger partial charge on any atom is 0.407 e. The van der Waals surface area contributed by atoms with Crippen LogP contribution >= 0.6 is 0 Å². The number of nitrogens with one attached hydrogen (secondary N) is 6. The lowest BCUT2D eigenvalue weighted by Crippen LogP contribution is -2.59. The first-order chi connectivity index (χ1) is 28.0. The van der Waals surface area contributed by atoms with Crippen LogP contribution < -0.4 is 32.3 Å². The fourth-order valence-corrected chi connectivity index (χ4v) is 8.06. The molecule has 5 rings (SSSR count). The fourth-order valence-electron chi connectivity index (χ4n) is 8.06. The molecule has 1 unspecified atom stereocenters. The van der Waals surface area contributed by atoms with Gasteiger partial charge in [-0.15, -0.1) is 0 Å². The number of carboxylic acid groups (broad SMARTS) is 1. The number of carbonyl (C=O) groups is 6. The van der Waals surface area contributed by atoms with E-state index in [0.29, 0.717) is 19.3 Å². The number of hydrogen-bond donors (Lipinski definition) is 8. The van der Waals surface area contributed by atoms with Crippen molar-refractivity contribution in [2.75, 3.05) is 19.7 Å². The van der Waals surface area contributed by atoms with E-state index in [1.54, 1.807) is 19.9 Å². The molecule has 2 aromatic rings. The van der Waals surface area contributed by atoms with Gasteiger partial charge in [-0.2, -0.15) is 0 Å². The number of aliphatic carboxylic acids is 1. The molecule has 2 fully saturated rings. The molecule has 318 valence electrons. The van der Waals surface area contributed by atoms with Gasteiger partial charge in [0.05, 0.1) is 0 Å². The van der Waals surface area contributed by atoms with Gasteiger partial charge in [0.1, 0.15) is 36.8 Å². The van der Waals surface area contributed by atoms with Crippen LogP contribution in [-0.2, 0) is 28.7 Å². The summed E-state index contributed by atoms with van der Waals surface area (Å²) >= 11 is 0. The van der Waals surface area contributed by atoms with Gasteiger partial charge in [0, 0.05) is 19.0 Å². The largest absolute Gasteiger partial charge is 0.480 e. The van der Waals surface area contributed by atoms with Crippen LogP contribution in [0, 0.1) is 10.8 Å². The predicted octanol–water partition coefficient (Wildman–Crippen LogP) is 3.25. The van der Waals surface area contributed by atoms with Crippen LogP contribution in [0.4, 0.5) is 4.79 Å². The summed E-state index contributed by atoms with van der Waals surface area (Å²) in [4.78, 5) is 83.5. The molecule has 16 nitrogen and oxygen atoms in total. The summed E-state index contributed by atoms with van der Waals surface area (Å²) in [5, 5.41) is 31.3. The van der Waals surface area contributed by atoms with E-state index in [1.807, 2.05) is 62.4 Å². The van der Waals surface area contributed by atoms with Crippen LogP contribution in [0.1, 0.15) is 96.1 Å². The number of benzene rings is 2. The maximum atomic E-state index is 14.3. The summed E-state index contributed by atoms with van der Waals surface area (Å²) in [6.45, 7) is 7.74. The van der Waals surface area contributed by atoms with Gasteiger partial charge in [-0.1, -0.05) is 86.9 Å². The molecule has 5 amide bonds. The molecule has 16 heteroatoms. The average Bonchev–Trinajstić information content (AvgIpc) is 3.81. The molecular formula is C43H58N8O8. The van der Waals surface area contributed by atoms with E-state index in [2.05, 4.69) is 26.6 Å². The number of allylic oxidation sites excluding steroid dienone is 1. The first-order valence-electron chi connectivity index (χ1n) is 20.3. The van der Waals surface area contributed by atoms with Gasteiger partial charge < -0.3 is 47.1 Å². The Hall–Kier alpha value is -5.93. The number of nitrogens with two attached hydrogens (primary N) is 1. The maximum absolute atomic E-state index is 14.3. The number of nitrogens with zero attached hydrogens (tertiary/aromatic N) is 1. The molecule has 0 aromatic heterocycles. The molecule has 59 heavy (non-hydrogen) atoms. The highest BCUT2D eigenvalue weighted by atomic mass is 16.5. The number of alkyl carbamates (subject to hydrolysis) is 1. The van der Waals surface area contributed by atoms with E-state index in [0.717, 1.165) is 27.8 Å². The van der Waals surface area contributed by atoms with E-state index in [1.165, 1.54) is 4.90 Å². The Bertz CT molecular complexity index is 1900. The topological polar surface area (TPSA) is 245 Å². The van der Waals surface area contributed by atoms with Crippen molar-refractivity contribution in [2.45, 2.75) is 115 Å². The number of fused-ring (bicyclic) bond motifs is 4. The first kappa shape index (κ1) is 44.2. The lowest BCUT2D eigenvalue weighted by Gasteiger charge is -2.32. The van der Waals surface area contributed by atoms with Gasteiger partial charge in [0.2, 0.25) is 23.6 Å². The highest BCUT2D eigenvalue weighted by Gasteiger charge is 2.40. The number of rotatable bonds is 10. The zero-order chi connectivity index (χ0) is 42.9. The monoisotopic (exact) mass is 814 g/mol. The highest BCUT2D eigenvalue weighted by molar-refractivity contribution is 5.96. The van der Waals surface area contributed by atoms with Crippen molar-refractivity contribution in [3.8, 4) is 11.1 Å². The quantitative estimate of drug-likeness (QED) is 0.0989. The molecule has 5 atom stereocenters. The Labute approximate surface area is 345 Å². The minimum absolute atomic E-state index is 0.00153. The zero-order valence-electron chi connectivity index (χ0n) is 34.3. The summed E-state index contributed by atoms with van der Waals surface area (Å²) in [6.07, 6.45) is 2.57. The molecule has 2 aromatic carbocycles. The van der Waals surface area contributed by atoms with Gasteiger partial charge in [-0.25, -0.2) is 9.59 Å². The van der Waals surface area contributed by atoms with E-state index < -0.39 is 71.3 Å². The summed E-state index contributed by atoms with van der Waals surface area (Å²) in [7, 11) is 0. The standard InChI is InChI=1S/C43H58N8O8/c1-25(2)19-20-31-36(52)49-34(22-43(3,4)24-46-41(44)45)37(53)48-33(40(56)57)17-10-9-16-32(39(55)51-21-11-18-35(51)38(54)47-31)50-42(58)59-23-30-28-14-7-5-12-26(28)27-13-6-8-15-29(27)30/h5-8,12-15,19,30-35H,9-11,16-18,20-24H2,1-4H3,(H,47,54)(H,48,53)(H,49,52)(H,50,58)(H,56,57)(H4,44,45,46)/t31-,32-,33-,34-,35?/m0/s1. The second-order valence-electron chi connectivity index (χ2n) is 16.7. The third kappa shape index (κ3) is 11.6. The normalized spacial score (nSPS) is 23.0. The minimum Gasteiger partial charge on any atom is -0.480 e. The second-order valence-corrected chi connectivity index (χ2v) is 16.7. The molecule has 2 heterocycles. The first-order valence-corrected chi connectivity index (χ1v) is 20.3. The van der Waals surface area contributed by atoms with Gasteiger partial charge in [0.15, 0.2) is 5.96 Å². The molecule has 2 aliphatic heterocycles. The van der Waals surface area contributed by atoms with E-state index in [-0.39, 0.29) is 63.7 Å². The molecule has 9 N–H and O–H groups in total. The Kier molecular flexibility index (Phi) is 14.7. The Morgan fingerprint density at radius 1 is 0.898 bits per heavy atom. The SMILES string of the molecule is CC(C)=CC[C@@H]1NC(=O)C2CCCN2C(=O)[C@@H](NC(=O)OCC2c3ccccc3-c3ccccc32)CCCC[C@@H](C(=O)O)NC(=O)[C@H](CC(C)(C)CNC(=N)N)NC1=O. The van der Waals surface area contributed by atoms with E-state index in [4.69, 9.17) is 15.9 Å². The van der Waals surface area contributed by atoms with Crippen molar-refractivity contribution >= 4 is 41.7 Å². The molecule has 0 saturated carbocycles.